The Labute approximate surface area is 182 Å². The van der Waals surface area contributed by atoms with Crippen LogP contribution in [0.1, 0.15) is 51.4 Å². The molecular weight excluding hydrogens is 406 g/mol. The van der Waals surface area contributed by atoms with E-state index in [4.69, 9.17) is 16.3 Å². The standard InChI is InChI=1S/C22H32ClN3O4/c23-16-6-8-17(9-7-16)25-22(29)24-13-12-18-10-11-19(20(14-27)30-18)26-21(28)15-4-2-1-3-5-15/h6-9,15,18-20,27H,1-5,10-14H2,(H,26,28)(H2,24,25,29)/t18-,19+,20+/m0/s1. The van der Waals surface area contributed by atoms with Crippen molar-refractivity contribution in [2.75, 3.05) is 18.5 Å². The highest BCUT2D eigenvalue weighted by atomic mass is 35.5. The van der Waals surface area contributed by atoms with Gasteiger partial charge < -0.3 is 25.8 Å². The van der Waals surface area contributed by atoms with Crippen LogP contribution in [0.4, 0.5) is 10.5 Å². The highest BCUT2D eigenvalue weighted by Gasteiger charge is 2.33. The first-order chi connectivity index (χ1) is 14.5. The third kappa shape index (κ3) is 6.86. The topological polar surface area (TPSA) is 99.7 Å². The molecule has 4 N–H and O–H groups in total. The van der Waals surface area contributed by atoms with Gasteiger partial charge in [-0.25, -0.2) is 4.79 Å². The normalized spacial score (nSPS) is 24.8. The number of ether oxygens (including phenoxy) is 1. The third-order valence-corrected chi connectivity index (χ3v) is 6.21. The molecule has 2 fully saturated rings. The number of aliphatic hydroxyl groups is 1. The van der Waals surface area contributed by atoms with Crippen molar-refractivity contribution in [2.45, 2.75) is 69.6 Å². The quantitative estimate of drug-likeness (QED) is 0.524. The van der Waals surface area contributed by atoms with Gasteiger partial charge in [0.15, 0.2) is 0 Å². The minimum atomic E-state index is -0.404. The van der Waals surface area contributed by atoms with Gasteiger partial charge in [0.25, 0.3) is 0 Å². The molecular formula is C22H32ClN3O4. The summed E-state index contributed by atoms with van der Waals surface area (Å²) in [6, 6.07) is 6.46. The molecule has 1 heterocycles. The summed E-state index contributed by atoms with van der Waals surface area (Å²) in [5, 5.41) is 19.0. The molecule has 0 spiro atoms. The Kier molecular flexibility index (Phi) is 8.78. The van der Waals surface area contributed by atoms with Crippen molar-refractivity contribution in [2.24, 2.45) is 5.92 Å². The summed E-state index contributed by atoms with van der Waals surface area (Å²) in [7, 11) is 0. The smallest absolute Gasteiger partial charge is 0.319 e. The lowest BCUT2D eigenvalue weighted by Crippen LogP contribution is -2.52. The predicted octanol–water partition coefficient (Wildman–Crippen LogP) is 3.46. The summed E-state index contributed by atoms with van der Waals surface area (Å²) in [5.41, 5.74) is 0.669. The van der Waals surface area contributed by atoms with Crippen LogP contribution in [0.5, 0.6) is 0 Å². The zero-order chi connectivity index (χ0) is 21.3. The van der Waals surface area contributed by atoms with E-state index in [1.807, 2.05) is 0 Å². The fraction of sp³-hybridized carbons (Fsp3) is 0.636. The molecule has 0 aromatic heterocycles. The summed E-state index contributed by atoms with van der Waals surface area (Å²) < 4.78 is 6.00. The van der Waals surface area contributed by atoms with Crippen LogP contribution in [-0.2, 0) is 9.53 Å². The van der Waals surface area contributed by atoms with Gasteiger partial charge in [-0.2, -0.15) is 0 Å². The Morgan fingerprint density at radius 3 is 2.50 bits per heavy atom. The number of hydrogen-bond donors (Lipinski definition) is 4. The van der Waals surface area contributed by atoms with E-state index < -0.39 is 6.10 Å². The molecule has 30 heavy (non-hydrogen) atoms. The van der Waals surface area contributed by atoms with Crippen molar-refractivity contribution in [3.05, 3.63) is 29.3 Å². The van der Waals surface area contributed by atoms with E-state index in [1.165, 1.54) is 6.42 Å². The van der Waals surface area contributed by atoms with E-state index >= 15 is 0 Å². The van der Waals surface area contributed by atoms with E-state index in [1.54, 1.807) is 24.3 Å². The molecule has 166 valence electrons. The van der Waals surface area contributed by atoms with Crippen LogP contribution >= 0.6 is 11.6 Å². The van der Waals surface area contributed by atoms with Crippen LogP contribution in [-0.4, -0.2) is 48.4 Å². The minimum Gasteiger partial charge on any atom is -0.394 e. The Hall–Kier alpha value is -1.83. The number of benzene rings is 1. The summed E-state index contributed by atoms with van der Waals surface area (Å²) in [4.78, 5) is 24.5. The van der Waals surface area contributed by atoms with Crippen LogP contribution in [0.2, 0.25) is 5.02 Å². The molecule has 1 aromatic carbocycles. The first-order valence-electron chi connectivity index (χ1n) is 10.9. The molecule has 0 radical (unpaired) electrons. The first kappa shape index (κ1) is 22.8. The Morgan fingerprint density at radius 1 is 1.07 bits per heavy atom. The van der Waals surface area contributed by atoms with Crippen LogP contribution in [0, 0.1) is 5.92 Å². The summed E-state index contributed by atoms with van der Waals surface area (Å²) in [6.07, 6.45) is 7.09. The van der Waals surface area contributed by atoms with Gasteiger partial charge in [0.05, 0.1) is 18.8 Å². The van der Waals surface area contributed by atoms with Gasteiger partial charge in [0, 0.05) is 23.2 Å². The molecule has 0 bridgehead atoms. The maximum atomic E-state index is 12.5. The van der Waals surface area contributed by atoms with Crippen molar-refractivity contribution in [3.8, 4) is 0 Å². The van der Waals surface area contributed by atoms with Gasteiger partial charge in [-0.3, -0.25) is 4.79 Å². The Bertz CT molecular complexity index is 694. The lowest BCUT2D eigenvalue weighted by molar-refractivity contribution is -0.132. The molecule has 1 saturated carbocycles. The third-order valence-electron chi connectivity index (χ3n) is 5.95. The molecule has 1 aromatic rings. The van der Waals surface area contributed by atoms with E-state index in [9.17, 15) is 14.7 Å². The van der Waals surface area contributed by atoms with E-state index in [0.717, 1.165) is 38.5 Å². The zero-order valence-electron chi connectivity index (χ0n) is 17.2. The summed E-state index contributed by atoms with van der Waals surface area (Å²) >= 11 is 5.84. The lowest BCUT2D eigenvalue weighted by Gasteiger charge is -2.37. The maximum Gasteiger partial charge on any atom is 0.319 e. The fourth-order valence-electron chi connectivity index (χ4n) is 4.23. The van der Waals surface area contributed by atoms with Crippen LogP contribution in [0.15, 0.2) is 24.3 Å². The second kappa shape index (κ2) is 11.5. The number of carbonyl (C=O) groups excluding carboxylic acids is 2. The van der Waals surface area contributed by atoms with E-state index in [-0.39, 0.29) is 36.6 Å². The second-order valence-electron chi connectivity index (χ2n) is 8.18. The van der Waals surface area contributed by atoms with Crippen LogP contribution < -0.4 is 16.0 Å². The second-order valence-corrected chi connectivity index (χ2v) is 8.62. The molecule has 1 aliphatic carbocycles. The summed E-state index contributed by atoms with van der Waals surface area (Å²) in [6.45, 7) is 0.331. The number of rotatable bonds is 7. The number of halogens is 1. The van der Waals surface area contributed by atoms with Crippen molar-refractivity contribution < 1.29 is 19.4 Å². The number of urea groups is 1. The molecule has 2 aliphatic rings. The predicted molar refractivity (Wildman–Crippen MR) is 117 cm³/mol. The molecule has 8 heteroatoms. The number of aliphatic hydroxyl groups excluding tert-OH is 1. The van der Waals surface area contributed by atoms with Crippen LogP contribution in [0.25, 0.3) is 0 Å². The molecule has 3 atom stereocenters. The Morgan fingerprint density at radius 2 is 1.80 bits per heavy atom. The summed E-state index contributed by atoms with van der Waals surface area (Å²) in [5.74, 6) is 0.194. The maximum absolute atomic E-state index is 12.5. The van der Waals surface area contributed by atoms with Crippen molar-refractivity contribution in [3.63, 3.8) is 0 Å². The van der Waals surface area contributed by atoms with Crippen molar-refractivity contribution in [1.82, 2.24) is 10.6 Å². The SMILES string of the molecule is O=C(NCC[C@@H]1CC[C@@H](NC(=O)C2CCCCC2)[C@@H](CO)O1)Nc1ccc(Cl)cc1. The number of hydrogen-bond acceptors (Lipinski definition) is 4. The lowest BCUT2D eigenvalue weighted by atomic mass is 9.88. The van der Waals surface area contributed by atoms with E-state index in [0.29, 0.717) is 23.7 Å². The van der Waals surface area contributed by atoms with Crippen LogP contribution in [0.3, 0.4) is 0 Å². The molecule has 1 saturated heterocycles. The average Bonchev–Trinajstić information content (AvgIpc) is 2.77. The molecule has 3 rings (SSSR count). The number of nitrogens with one attached hydrogen (secondary N) is 3. The molecule has 7 nitrogen and oxygen atoms in total. The fourth-order valence-corrected chi connectivity index (χ4v) is 4.36. The van der Waals surface area contributed by atoms with Gasteiger partial charge >= 0.3 is 6.03 Å². The monoisotopic (exact) mass is 437 g/mol. The molecule has 3 amide bonds. The largest absolute Gasteiger partial charge is 0.394 e. The van der Waals surface area contributed by atoms with Crippen molar-refractivity contribution >= 4 is 29.2 Å². The highest BCUT2D eigenvalue weighted by Crippen LogP contribution is 2.26. The number of amides is 3. The van der Waals surface area contributed by atoms with E-state index in [2.05, 4.69) is 16.0 Å². The Balaban J connectivity index is 1.37. The van der Waals surface area contributed by atoms with Gasteiger partial charge in [0.1, 0.15) is 6.10 Å². The van der Waals surface area contributed by atoms with Gasteiger partial charge in [-0.15, -0.1) is 0 Å². The number of anilines is 1. The van der Waals surface area contributed by atoms with Gasteiger partial charge in [-0.05, 0) is 56.4 Å². The molecule has 1 aliphatic heterocycles. The molecule has 0 unspecified atom stereocenters. The highest BCUT2D eigenvalue weighted by molar-refractivity contribution is 6.30. The zero-order valence-corrected chi connectivity index (χ0v) is 18.0. The van der Waals surface area contributed by atoms with Gasteiger partial charge in [-0.1, -0.05) is 30.9 Å². The average molecular weight is 438 g/mol. The van der Waals surface area contributed by atoms with Gasteiger partial charge in [0.2, 0.25) is 5.91 Å². The number of carbonyl (C=O) groups is 2. The van der Waals surface area contributed by atoms with Crippen molar-refractivity contribution in [1.29, 1.82) is 0 Å². The first-order valence-corrected chi connectivity index (χ1v) is 11.3. The minimum absolute atomic E-state index is 0.0548.